The second-order valence-electron chi connectivity index (χ2n) is 2.99. The van der Waals surface area contributed by atoms with Gasteiger partial charge in [0.1, 0.15) is 11.8 Å². The van der Waals surface area contributed by atoms with Gasteiger partial charge in [0.05, 0.1) is 0 Å². The fourth-order valence-electron chi connectivity index (χ4n) is 1.18. The van der Waals surface area contributed by atoms with Gasteiger partial charge in [-0.05, 0) is 20.3 Å². The van der Waals surface area contributed by atoms with Crippen molar-refractivity contribution in [3.05, 3.63) is 22.2 Å². The minimum Gasteiger partial charge on any atom is -0.374 e. The van der Waals surface area contributed by atoms with Crippen LogP contribution in [0.25, 0.3) is 0 Å². The molecule has 0 saturated heterocycles. The van der Waals surface area contributed by atoms with Crippen LogP contribution in [0.4, 0.5) is 0 Å². The topological polar surface area (TPSA) is 35.0 Å². The van der Waals surface area contributed by atoms with Crippen molar-refractivity contribution < 1.29 is 4.74 Å². The van der Waals surface area contributed by atoms with E-state index in [1.807, 2.05) is 13.8 Å². The molecule has 0 aliphatic heterocycles. The second-order valence-corrected chi connectivity index (χ2v) is 3.35. The van der Waals surface area contributed by atoms with Crippen LogP contribution in [0.15, 0.2) is 0 Å². The van der Waals surface area contributed by atoms with Crippen molar-refractivity contribution in [2.75, 3.05) is 6.61 Å². The molecule has 0 bridgehead atoms. The van der Waals surface area contributed by atoms with E-state index in [4.69, 9.17) is 16.3 Å². The summed E-state index contributed by atoms with van der Waals surface area (Å²) in [5, 5.41) is 0.534. The van der Waals surface area contributed by atoms with Gasteiger partial charge in [0.25, 0.3) is 0 Å². The lowest BCUT2D eigenvalue weighted by atomic mass is 10.2. The van der Waals surface area contributed by atoms with Gasteiger partial charge < -0.3 is 4.74 Å². The van der Waals surface area contributed by atoms with Gasteiger partial charge >= 0.3 is 0 Å². The smallest absolute Gasteiger partial charge is 0.155 e. The molecule has 0 N–H and O–H groups in total. The molecule has 1 rings (SSSR count). The monoisotopic (exact) mass is 214 g/mol. The molecule has 1 aromatic rings. The summed E-state index contributed by atoms with van der Waals surface area (Å²) < 4.78 is 5.23. The molecule has 0 aliphatic carbocycles. The zero-order valence-electron chi connectivity index (χ0n) is 8.80. The van der Waals surface area contributed by atoms with E-state index in [1.54, 1.807) is 0 Å². The third-order valence-corrected chi connectivity index (χ3v) is 2.37. The normalized spacial score (nSPS) is 10.6. The van der Waals surface area contributed by atoms with E-state index in [0.717, 1.165) is 17.7 Å². The molecular weight excluding hydrogens is 200 g/mol. The maximum atomic E-state index is 5.97. The van der Waals surface area contributed by atoms with Gasteiger partial charge in [0.15, 0.2) is 5.82 Å². The highest BCUT2D eigenvalue weighted by atomic mass is 35.5. The summed E-state index contributed by atoms with van der Waals surface area (Å²) in [5.74, 6) is 0.666. The van der Waals surface area contributed by atoms with Crippen molar-refractivity contribution in [3.63, 3.8) is 0 Å². The highest BCUT2D eigenvalue weighted by molar-refractivity contribution is 6.30. The fourth-order valence-corrected chi connectivity index (χ4v) is 1.39. The lowest BCUT2D eigenvalue weighted by molar-refractivity contribution is 0.128. The molecule has 0 aromatic carbocycles. The van der Waals surface area contributed by atoms with Crippen LogP contribution >= 0.6 is 11.6 Å². The zero-order valence-corrected chi connectivity index (χ0v) is 9.56. The van der Waals surface area contributed by atoms with Crippen LogP contribution in [0, 0.1) is 6.92 Å². The summed E-state index contributed by atoms with van der Waals surface area (Å²) in [7, 11) is 0. The van der Waals surface area contributed by atoms with Crippen LogP contribution in [-0.4, -0.2) is 16.6 Å². The Morgan fingerprint density at radius 1 is 1.29 bits per heavy atom. The molecule has 4 heteroatoms. The Hall–Kier alpha value is -0.670. The molecular formula is C10H15ClN2O. The summed E-state index contributed by atoms with van der Waals surface area (Å²) in [6.07, 6.45) is 0.868. The number of aromatic nitrogens is 2. The van der Waals surface area contributed by atoms with Crippen LogP contribution in [0.5, 0.6) is 0 Å². The molecule has 0 saturated carbocycles. The SMILES string of the molecule is CCOCc1nc(Cl)c(C)c(CC)n1. The molecule has 0 amide bonds. The molecule has 78 valence electrons. The highest BCUT2D eigenvalue weighted by Crippen LogP contribution is 2.16. The molecule has 14 heavy (non-hydrogen) atoms. The van der Waals surface area contributed by atoms with Crippen molar-refractivity contribution >= 4 is 11.6 Å². The zero-order chi connectivity index (χ0) is 10.6. The summed E-state index contributed by atoms with van der Waals surface area (Å²) in [5.41, 5.74) is 1.97. The number of hydrogen-bond donors (Lipinski definition) is 0. The first-order valence-corrected chi connectivity index (χ1v) is 5.16. The Morgan fingerprint density at radius 3 is 2.57 bits per heavy atom. The summed E-state index contributed by atoms with van der Waals surface area (Å²) in [6.45, 7) is 7.03. The highest BCUT2D eigenvalue weighted by Gasteiger charge is 2.07. The van der Waals surface area contributed by atoms with Crippen molar-refractivity contribution in [1.82, 2.24) is 9.97 Å². The molecule has 0 radical (unpaired) electrons. The maximum absolute atomic E-state index is 5.97. The van der Waals surface area contributed by atoms with Crippen LogP contribution in [-0.2, 0) is 17.8 Å². The number of ether oxygens (including phenoxy) is 1. The third kappa shape index (κ3) is 2.66. The maximum Gasteiger partial charge on any atom is 0.155 e. The minimum atomic E-state index is 0.434. The molecule has 0 spiro atoms. The average molecular weight is 215 g/mol. The molecule has 1 heterocycles. The number of nitrogens with zero attached hydrogens (tertiary/aromatic N) is 2. The lowest BCUT2D eigenvalue weighted by Crippen LogP contribution is -2.04. The molecule has 0 fully saturated rings. The van der Waals surface area contributed by atoms with Crippen LogP contribution < -0.4 is 0 Å². The first kappa shape index (κ1) is 11.4. The Bertz CT molecular complexity index is 315. The van der Waals surface area contributed by atoms with E-state index >= 15 is 0 Å². The second kappa shape index (κ2) is 5.27. The summed E-state index contributed by atoms with van der Waals surface area (Å²) in [6, 6.07) is 0. The van der Waals surface area contributed by atoms with Crippen molar-refractivity contribution in [3.8, 4) is 0 Å². The number of hydrogen-bond acceptors (Lipinski definition) is 3. The number of aryl methyl sites for hydroxylation is 1. The van der Waals surface area contributed by atoms with Gasteiger partial charge in [-0.25, -0.2) is 9.97 Å². The largest absolute Gasteiger partial charge is 0.374 e. The lowest BCUT2D eigenvalue weighted by Gasteiger charge is -2.07. The van der Waals surface area contributed by atoms with Crippen LogP contribution in [0.1, 0.15) is 30.9 Å². The Kier molecular flexibility index (Phi) is 4.29. The van der Waals surface area contributed by atoms with Crippen molar-refractivity contribution in [2.24, 2.45) is 0 Å². The van der Waals surface area contributed by atoms with Crippen molar-refractivity contribution in [2.45, 2.75) is 33.8 Å². The molecule has 0 aliphatic rings. The first-order chi connectivity index (χ1) is 6.69. The van der Waals surface area contributed by atoms with Crippen LogP contribution in [0.3, 0.4) is 0 Å². The number of halogens is 1. The fraction of sp³-hybridized carbons (Fsp3) is 0.600. The van der Waals surface area contributed by atoms with E-state index in [1.165, 1.54) is 0 Å². The molecule has 1 aromatic heterocycles. The van der Waals surface area contributed by atoms with Gasteiger partial charge in [0.2, 0.25) is 0 Å². The Balaban J connectivity index is 2.91. The minimum absolute atomic E-state index is 0.434. The Labute approximate surface area is 89.5 Å². The number of rotatable bonds is 4. The van der Waals surface area contributed by atoms with Gasteiger partial charge in [-0.1, -0.05) is 18.5 Å². The third-order valence-electron chi connectivity index (χ3n) is 2.00. The quantitative estimate of drug-likeness (QED) is 0.723. The van der Waals surface area contributed by atoms with Gasteiger partial charge in [-0.15, -0.1) is 0 Å². The van der Waals surface area contributed by atoms with Crippen molar-refractivity contribution in [1.29, 1.82) is 0 Å². The Morgan fingerprint density at radius 2 is 2.00 bits per heavy atom. The van der Waals surface area contributed by atoms with E-state index in [-0.39, 0.29) is 0 Å². The first-order valence-electron chi connectivity index (χ1n) is 4.78. The summed E-state index contributed by atoms with van der Waals surface area (Å²) >= 11 is 5.97. The standard InChI is InChI=1S/C10H15ClN2O/c1-4-8-7(3)10(11)13-9(12-8)6-14-5-2/h4-6H2,1-3H3. The van der Waals surface area contributed by atoms with Gasteiger partial charge in [0, 0.05) is 17.9 Å². The predicted octanol–water partition coefficient (Wildman–Crippen LogP) is 2.54. The summed E-state index contributed by atoms with van der Waals surface area (Å²) in [4.78, 5) is 8.52. The predicted molar refractivity (Wildman–Crippen MR) is 56.5 cm³/mol. The van der Waals surface area contributed by atoms with Gasteiger partial charge in [-0.2, -0.15) is 0 Å². The van der Waals surface area contributed by atoms with Crippen LogP contribution in [0.2, 0.25) is 5.15 Å². The molecule has 3 nitrogen and oxygen atoms in total. The molecule has 0 atom stereocenters. The van der Waals surface area contributed by atoms with E-state index in [0.29, 0.717) is 24.2 Å². The average Bonchev–Trinajstić information content (AvgIpc) is 2.19. The molecule has 0 unspecified atom stereocenters. The van der Waals surface area contributed by atoms with Gasteiger partial charge in [-0.3, -0.25) is 0 Å². The van der Waals surface area contributed by atoms with E-state index in [9.17, 15) is 0 Å². The van der Waals surface area contributed by atoms with E-state index in [2.05, 4.69) is 16.9 Å². The van der Waals surface area contributed by atoms with E-state index < -0.39 is 0 Å².